The van der Waals surface area contributed by atoms with Crippen LogP contribution in [0.25, 0.3) is 0 Å². The molecule has 0 unspecified atom stereocenters. The lowest BCUT2D eigenvalue weighted by Gasteiger charge is -2.24. The summed E-state index contributed by atoms with van der Waals surface area (Å²) in [5, 5.41) is 13.7. The second-order valence-corrected chi connectivity index (χ2v) is 4.09. The highest BCUT2D eigenvalue weighted by molar-refractivity contribution is 5.98. The number of ether oxygens (including phenoxy) is 1. The quantitative estimate of drug-likeness (QED) is 0.509. The van der Waals surface area contributed by atoms with Crippen LogP contribution < -0.4 is 10.5 Å². The Labute approximate surface area is 114 Å². The summed E-state index contributed by atoms with van der Waals surface area (Å²) in [6.45, 7) is 2.73. The second-order valence-electron chi connectivity index (χ2n) is 4.09. The Kier molecular flexibility index (Phi) is 4.34. The van der Waals surface area contributed by atoms with Crippen LogP contribution in [0.3, 0.4) is 0 Å². The van der Waals surface area contributed by atoms with Gasteiger partial charge >= 0.3 is 12.4 Å². The molecule has 0 aromatic carbocycles. The molecule has 0 radical (unpaired) electrons. The van der Waals surface area contributed by atoms with Gasteiger partial charge in [-0.2, -0.15) is 31.4 Å². The van der Waals surface area contributed by atoms with Crippen molar-refractivity contribution < 1.29 is 31.1 Å². The third kappa shape index (κ3) is 3.73. The normalized spacial score (nSPS) is 12.6. The molecule has 0 saturated heterocycles. The average molecular weight is 316 g/mol. The maximum Gasteiger partial charge on any atom is 0.434 e. The molecule has 1 rings (SSSR count). The molecule has 21 heavy (non-hydrogen) atoms. The maximum absolute atomic E-state index is 12.4. The fourth-order valence-corrected chi connectivity index (χ4v) is 1.42. The summed E-state index contributed by atoms with van der Waals surface area (Å²) in [5.41, 5.74) is 5.00. The largest absolute Gasteiger partial charge is 0.453 e. The van der Waals surface area contributed by atoms with E-state index in [0.29, 0.717) is 0 Å². The molecule has 3 N–H and O–H groups in total. The van der Waals surface area contributed by atoms with Crippen LogP contribution in [0.4, 0.5) is 26.3 Å². The molecule has 1 heterocycles. The third-order valence-corrected chi connectivity index (χ3v) is 2.52. The van der Waals surface area contributed by atoms with Gasteiger partial charge in [0.05, 0.1) is 11.3 Å². The molecule has 5 nitrogen and oxygen atoms in total. The lowest BCUT2D eigenvalue weighted by atomic mass is 10.1. The predicted molar refractivity (Wildman–Crippen MR) is 59.0 cm³/mol. The van der Waals surface area contributed by atoms with Gasteiger partial charge in [-0.15, -0.1) is 5.10 Å². The second kappa shape index (κ2) is 5.37. The number of hydrogen-bond donors (Lipinski definition) is 2. The summed E-state index contributed by atoms with van der Waals surface area (Å²) in [7, 11) is 0. The van der Waals surface area contributed by atoms with Crippen LogP contribution in [-0.2, 0) is 0 Å². The van der Waals surface area contributed by atoms with E-state index >= 15 is 0 Å². The Balaban J connectivity index is 3.35. The van der Waals surface area contributed by atoms with Crippen molar-refractivity contribution in [2.24, 2.45) is 5.73 Å². The zero-order valence-corrected chi connectivity index (χ0v) is 10.7. The minimum atomic E-state index is -5.70. The number of halogens is 6. The highest BCUT2D eigenvalue weighted by atomic mass is 19.4. The molecule has 0 aliphatic carbocycles. The van der Waals surface area contributed by atoms with Crippen LogP contribution in [-0.4, -0.2) is 34.5 Å². The first-order chi connectivity index (χ1) is 9.35. The SMILES string of the molecule is Cc1nnc(OC(C(F)(F)F)C(F)(F)F)c(C(=N)N)c1C. The molecule has 0 bridgehead atoms. The van der Waals surface area contributed by atoms with Gasteiger partial charge in [0.1, 0.15) is 5.84 Å². The molecular formula is C10H10F6N4O. The van der Waals surface area contributed by atoms with E-state index in [1.165, 1.54) is 13.8 Å². The fraction of sp³-hybridized carbons (Fsp3) is 0.500. The summed E-state index contributed by atoms with van der Waals surface area (Å²) < 4.78 is 78.5. The molecule has 118 valence electrons. The number of rotatable bonds is 3. The van der Waals surface area contributed by atoms with E-state index < -0.39 is 35.7 Å². The molecule has 1 aromatic rings. The van der Waals surface area contributed by atoms with Gasteiger partial charge in [-0.3, -0.25) is 5.41 Å². The smallest absolute Gasteiger partial charge is 0.434 e. The number of alkyl halides is 6. The Bertz CT molecular complexity index is 540. The summed E-state index contributed by atoms with van der Waals surface area (Å²) in [6, 6.07) is 0. The van der Waals surface area contributed by atoms with Crippen molar-refractivity contribution in [3.63, 3.8) is 0 Å². The molecule has 0 aliphatic rings. The first kappa shape index (κ1) is 17.0. The topological polar surface area (TPSA) is 84.9 Å². The summed E-state index contributed by atoms with van der Waals surface area (Å²) in [5.74, 6) is -1.87. The Morgan fingerprint density at radius 1 is 1.10 bits per heavy atom. The van der Waals surface area contributed by atoms with Gasteiger partial charge in [0, 0.05) is 0 Å². The number of aromatic nitrogens is 2. The van der Waals surface area contributed by atoms with Crippen molar-refractivity contribution in [2.45, 2.75) is 32.3 Å². The zero-order valence-electron chi connectivity index (χ0n) is 10.7. The number of nitrogen functional groups attached to an aromatic ring is 1. The van der Waals surface area contributed by atoms with Gasteiger partial charge in [-0.05, 0) is 19.4 Å². The summed E-state index contributed by atoms with van der Waals surface area (Å²) >= 11 is 0. The van der Waals surface area contributed by atoms with E-state index in [9.17, 15) is 26.3 Å². The van der Waals surface area contributed by atoms with Crippen LogP contribution in [0.1, 0.15) is 16.8 Å². The van der Waals surface area contributed by atoms with Crippen molar-refractivity contribution in [3.8, 4) is 5.88 Å². The van der Waals surface area contributed by atoms with Crippen molar-refractivity contribution >= 4 is 5.84 Å². The zero-order chi connectivity index (χ0) is 16.6. The highest BCUT2D eigenvalue weighted by Gasteiger charge is 2.59. The van der Waals surface area contributed by atoms with Crippen molar-refractivity contribution in [1.29, 1.82) is 5.41 Å². The lowest BCUT2D eigenvalue weighted by Crippen LogP contribution is -2.47. The minimum absolute atomic E-state index is 0.107. The maximum atomic E-state index is 12.4. The number of nitrogens with one attached hydrogen (secondary N) is 1. The van der Waals surface area contributed by atoms with Crippen molar-refractivity contribution in [1.82, 2.24) is 10.2 Å². The van der Waals surface area contributed by atoms with E-state index in [2.05, 4.69) is 14.9 Å². The number of hydrogen-bond acceptors (Lipinski definition) is 4. The van der Waals surface area contributed by atoms with Crippen LogP contribution in [0.5, 0.6) is 5.88 Å². The van der Waals surface area contributed by atoms with Crippen LogP contribution in [0, 0.1) is 19.3 Å². The van der Waals surface area contributed by atoms with E-state index in [4.69, 9.17) is 11.1 Å². The van der Waals surface area contributed by atoms with E-state index in [-0.39, 0.29) is 11.3 Å². The number of nitrogens with zero attached hydrogens (tertiary/aromatic N) is 2. The molecule has 0 spiro atoms. The van der Waals surface area contributed by atoms with E-state index in [1.54, 1.807) is 0 Å². The molecular weight excluding hydrogens is 306 g/mol. The van der Waals surface area contributed by atoms with Gasteiger partial charge in [-0.1, -0.05) is 0 Å². The third-order valence-electron chi connectivity index (χ3n) is 2.52. The highest BCUT2D eigenvalue weighted by Crippen LogP contribution is 2.37. The molecule has 0 fully saturated rings. The minimum Gasteiger partial charge on any atom is -0.453 e. The summed E-state index contributed by atoms with van der Waals surface area (Å²) in [6.07, 6.45) is -15.5. The number of nitrogens with two attached hydrogens (primary N) is 1. The van der Waals surface area contributed by atoms with Gasteiger partial charge in [0.2, 0.25) is 5.88 Å². The van der Waals surface area contributed by atoms with Gasteiger partial charge in [0.15, 0.2) is 0 Å². The van der Waals surface area contributed by atoms with Gasteiger partial charge < -0.3 is 10.5 Å². The standard InChI is InChI=1S/C10H10F6N4O/c1-3-4(2)19-20-7(5(3)6(17)18)21-8(9(11,12)13)10(14,15)16/h8H,1-2H3,(H3,17,18). The molecule has 0 atom stereocenters. The number of amidine groups is 1. The Morgan fingerprint density at radius 2 is 1.57 bits per heavy atom. The lowest BCUT2D eigenvalue weighted by molar-refractivity contribution is -0.300. The van der Waals surface area contributed by atoms with Crippen LogP contribution >= 0.6 is 0 Å². The van der Waals surface area contributed by atoms with Crippen LogP contribution in [0.15, 0.2) is 0 Å². The monoisotopic (exact) mass is 316 g/mol. The molecule has 0 saturated carbocycles. The van der Waals surface area contributed by atoms with Gasteiger partial charge in [-0.25, -0.2) is 0 Å². The van der Waals surface area contributed by atoms with Crippen molar-refractivity contribution in [2.75, 3.05) is 0 Å². The first-order valence-corrected chi connectivity index (χ1v) is 5.34. The van der Waals surface area contributed by atoms with Gasteiger partial charge in [0.25, 0.3) is 6.10 Å². The van der Waals surface area contributed by atoms with E-state index in [1.807, 2.05) is 0 Å². The molecule has 11 heteroatoms. The molecule has 0 aliphatic heterocycles. The number of aryl methyl sites for hydroxylation is 1. The fourth-order valence-electron chi connectivity index (χ4n) is 1.42. The van der Waals surface area contributed by atoms with Crippen LogP contribution in [0.2, 0.25) is 0 Å². The van der Waals surface area contributed by atoms with E-state index in [0.717, 1.165) is 0 Å². The summed E-state index contributed by atoms with van der Waals surface area (Å²) in [4.78, 5) is 0. The molecule has 0 amide bonds. The molecule has 1 aromatic heterocycles. The first-order valence-electron chi connectivity index (χ1n) is 5.34. The average Bonchev–Trinajstić information content (AvgIpc) is 2.26. The van der Waals surface area contributed by atoms with Crippen molar-refractivity contribution in [3.05, 3.63) is 16.8 Å². The Hall–Kier alpha value is -2.07. The Morgan fingerprint density at radius 3 is 1.95 bits per heavy atom. The predicted octanol–water partition coefficient (Wildman–Crippen LogP) is 2.25.